The molecule has 0 saturated heterocycles. The third-order valence-corrected chi connectivity index (χ3v) is 1.48. The topological polar surface area (TPSA) is 94.8 Å². The molecule has 0 fully saturated rings. The summed E-state index contributed by atoms with van der Waals surface area (Å²) in [5.74, 6) is -3.06. The maximum absolute atomic E-state index is 10.4. The number of carboxylic acids is 2. The summed E-state index contributed by atoms with van der Waals surface area (Å²) < 4.78 is 0. The van der Waals surface area contributed by atoms with Crippen LogP contribution in [-0.2, 0) is 17.1 Å². The Labute approximate surface area is 89.5 Å². The van der Waals surface area contributed by atoms with Crippen molar-refractivity contribution in [3.05, 3.63) is 29.3 Å². The van der Waals surface area contributed by atoms with Crippen LogP contribution in [0.5, 0.6) is 5.75 Å². The van der Waals surface area contributed by atoms with Crippen molar-refractivity contribution >= 4 is 11.9 Å². The third-order valence-electron chi connectivity index (χ3n) is 1.48. The van der Waals surface area contributed by atoms with Crippen LogP contribution in [0, 0.1) is 0 Å². The van der Waals surface area contributed by atoms with Gasteiger partial charge in [0.05, 0.1) is 5.56 Å². The first kappa shape index (κ1) is 12.5. The van der Waals surface area contributed by atoms with E-state index in [0.717, 1.165) is 18.2 Å². The quantitative estimate of drug-likeness (QED) is 0.670. The Morgan fingerprint density at radius 2 is 1.64 bits per heavy atom. The maximum atomic E-state index is 10.4. The Morgan fingerprint density at radius 1 is 1.07 bits per heavy atom. The van der Waals surface area contributed by atoms with Crippen molar-refractivity contribution in [3.63, 3.8) is 0 Å². The molecule has 5 nitrogen and oxygen atoms in total. The SMILES string of the molecule is O=C(O)c1ccc(C(=O)O)c(O)c1.[Cu]. The number of phenols is 1. The summed E-state index contributed by atoms with van der Waals surface area (Å²) >= 11 is 0. The fourth-order valence-electron chi connectivity index (χ4n) is 0.846. The van der Waals surface area contributed by atoms with Crippen LogP contribution in [0.3, 0.4) is 0 Å². The van der Waals surface area contributed by atoms with Gasteiger partial charge < -0.3 is 15.3 Å². The number of hydrogen-bond donors (Lipinski definition) is 3. The van der Waals surface area contributed by atoms with E-state index in [9.17, 15) is 9.59 Å². The number of benzene rings is 1. The minimum absolute atomic E-state index is 0. The summed E-state index contributed by atoms with van der Waals surface area (Å²) in [6, 6.07) is 3.05. The summed E-state index contributed by atoms with van der Waals surface area (Å²) in [4.78, 5) is 20.8. The number of rotatable bonds is 2. The minimum Gasteiger partial charge on any atom is -0.507 e. The van der Waals surface area contributed by atoms with Crippen LogP contribution < -0.4 is 0 Å². The van der Waals surface area contributed by atoms with Gasteiger partial charge in [-0.15, -0.1) is 0 Å². The second kappa shape index (κ2) is 4.64. The second-order valence-corrected chi connectivity index (χ2v) is 2.34. The van der Waals surface area contributed by atoms with E-state index in [4.69, 9.17) is 15.3 Å². The molecule has 14 heavy (non-hydrogen) atoms. The molecule has 0 aliphatic carbocycles. The molecule has 79 valence electrons. The Kier molecular flexibility index (Phi) is 4.14. The summed E-state index contributed by atoms with van der Waals surface area (Å²) in [5.41, 5.74) is -0.465. The number of aromatic hydroxyl groups is 1. The summed E-state index contributed by atoms with van der Waals surface area (Å²) in [6.07, 6.45) is 0. The van der Waals surface area contributed by atoms with Gasteiger partial charge in [-0.05, 0) is 18.2 Å². The second-order valence-electron chi connectivity index (χ2n) is 2.34. The molecule has 0 unspecified atom stereocenters. The normalized spacial score (nSPS) is 8.86. The monoisotopic (exact) mass is 245 g/mol. The van der Waals surface area contributed by atoms with E-state index in [1.54, 1.807) is 0 Å². The van der Waals surface area contributed by atoms with Gasteiger partial charge in [0.15, 0.2) is 0 Å². The molecule has 0 saturated carbocycles. The number of hydrogen-bond acceptors (Lipinski definition) is 3. The molecule has 0 spiro atoms. The summed E-state index contributed by atoms with van der Waals surface area (Å²) in [6.45, 7) is 0. The average molecular weight is 246 g/mol. The molecule has 6 heteroatoms. The minimum atomic E-state index is -1.30. The van der Waals surface area contributed by atoms with Gasteiger partial charge >= 0.3 is 11.9 Å². The fraction of sp³-hybridized carbons (Fsp3) is 0. The van der Waals surface area contributed by atoms with Gasteiger partial charge in [0.25, 0.3) is 0 Å². The van der Waals surface area contributed by atoms with E-state index >= 15 is 0 Å². The number of carbonyl (C=O) groups is 2. The summed E-state index contributed by atoms with van der Waals surface area (Å²) in [7, 11) is 0. The molecule has 1 aromatic rings. The van der Waals surface area contributed by atoms with Gasteiger partial charge in [-0.2, -0.15) is 0 Å². The molecule has 0 amide bonds. The zero-order chi connectivity index (χ0) is 10.0. The number of carboxylic acid groups (broad SMARTS) is 2. The third kappa shape index (κ3) is 2.48. The van der Waals surface area contributed by atoms with Gasteiger partial charge in [0.1, 0.15) is 11.3 Å². The first-order valence-corrected chi connectivity index (χ1v) is 3.32. The molecule has 0 heterocycles. The van der Waals surface area contributed by atoms with Crippen LogP contribution in [0.4, 0.5) is 0 Å². The van der Waals surface area contributed by atoms with Crippen molar-refractivity contribution in [3.8, 4) is 5.75 Å². The van der Waals surface area contributed by atoms with Gasteiger partial charge in [0.2, 0.25) is 0 Å². The van der Waals surface area contributed by atoms with Gasteiger partial charge in [0, 0.05) is 17.1 Å². The zero-order valence-corrected chi connectivity index (χ0v) is 7.63. The molecule has 1 rings (SSSR count). The predicted molar refractivity (Wildman–Crippen MR) is 42.0 cm³/mol. The Morgan fingerprint density at radius 3 is 2.00 bits per heavy atom. The molecule has 0 aromatic heterocycles. The largest absolute Gasteiger partial charge is 0.507 e. The smallest absolute Gasteiger partial charge is 0.339 e. The van der Waals surface area contributed by atoms with E-state index in [-0.39, 0.29) is 28.2 Å². The molecular weight excluding hydrogens is 240 g/mol. The first-order chi connectivity index (χ1) is 6.02. The fourth-order valence-corrected chi connectivity index (χ4v) is 0.846. The van der Waals surface area contributed by atoms with Crippen molar-refractivity contribution < 1.29 is 42.0 Å². The number of aromatic carboxylic acids is 2. The van der Waals surface area contributed by atoms with E-state index in [0.29, 0.717) is 0 Å². The van der Waals surface area contributed by atoms with Crippen LogP contribution in [0.1, 0.15) is 20.7 Å². The van der Waals surface area contributed by atoms with Crippen LogP contribution in [-0.4, -0.2) is 27.3 Å². The Hall–Kier alpha value is -1.52. The van der Waals surface area contributed by atoms with Crippen molar-refractivity contribution in [2.75, 3.05) is 0 Å². The molecule has 0 bridgehead atoms. The molecule has 1 radical (unpaired) electrons. The Balaban J connectivity index is 0.00000169. The van der Waals surface area contributed by atoms with Crippen LogP contribution in [0.15, 0.2) is 18.2 Å². The van der Waals surface area contributed by atoms with Crippen molar-refractivity contribution in [1.29, 1.82) is 0 Å². The van der Waals surface area contributed by atoms with E-state index in [2.05, 4.69) is 0 Å². The van der Waals surface area contributed by atoms with E-state index in [1.165, 1.54) is 0 Å². The standard InChI is InChI=1S/C8H6O5.Cu/c9-6-3-4(7(10)11)1-2-5(6)8(12)13;/h1-3,9H,(H,10,11)(H,12,13);. The Bertz CT molecular complexity index is 374. The van der Waals surface area contributed by atoms with Crippen molar-refractivity contribution in [1.82, 2.24) is 0 Å². The summed E-state index contributed by atoms with van der Waals surface area (Å²) in [5, 5.41) is 26.0. The van der Waals surface area contributed by atoms with E-state index < -0.39 is 17.7 Å². The van der Waals surface area contributed by atoms with Crippen LogP contribution in [0.25, 0.3) is 0 Å². The van der Waals surface area contributed by atoms with Crippen LogP contribution in [0.2, 0.25) is 0 Å². The van der Waals surface area contributed by atoms with Crippen molar-refractivity contribution in [2.45, 2.75) is 0 Å². The van der Waals surface area contributed by atoms with E-state index in [1.807, 2.05) is 0 Å². The molecule has 0 atom stereocenters. The molecule has 0 aliphatic rings. The molecule has 0 aliphatic heterocycles. The molecular formula is C8H6CuO5. The van der Waals surface area contributed by atoms with Gasteiger partial charge in [-0.1, -0.05) is 0 Å². The predicted octanol–water partition coefficient (Wildman–Crippen LogP) is 0.786. The maximum Gasteiger partial charge on any atom is 0.339 e. The molecule has 1 aromatic carbocycles. The zero-order valence-electron chi connectivity index (χ0n) is 6.69. The first-order valence-electron chi connectivity index (χ1n) is 3.32. The van der Waals surface area contributed by atoms with Crippen LogP contribution >= 0.6 is 0 Å². The van der Waals surface area contributed by atoms with Gasteiger partial charge in [-0.25, -0.2) is 9.59 Å². The van der Waals surface area contributed by atoms with Gasteiger partial charge in [-0.3, -0.25) is 0 Å². The average Bonchev–Trinajstić information content (AvgIpc) is 2.03. The molecule has 3 N–H and O–H groups in total. The van der Waals surface area contributed by atoms with Crippen molar-refractivity contribution in [2.24, 2.45) is 0 Å².